The van der Waals surface area contributed by atoms with Gasteiger partial charge < -0.3 is 15.0 Å². The van der Waals surface area contributed by atoms with Crippen molar-refractivity contribution >= 4 is 32.9 Å². The fraction of sp³-hybridized carbons (Fsp3) is 0.462. The maximum absolute atomic E-state index is 13.7. The molecule has 6 heteroatoms. The number of hydrogen-bond donors (Lipinski definition) is 1. The summed E-state index contributed by atoms with van der Waals surface area (Å²) in [6, 6.07) is 3.17. The van der Waals surface area contributed by atoms with Gasteiger partial charge in [0, 0.05) is 12.7 Å². The molecule has 1 saturated heterocycles. The standard InChI is InChI=1S/C13H15BrFN3O/c1-7(12-3-2-4-19-12)18-11-6-9(15)8(14)5-10(11)17-13(18)16/h5-7,12H,2-4H2,1H3,(H2,16,17). The molecule has 2 atom stereocenters. The lowest BCUT2D eigenvalue weighted by atomic mass is 10.1. The topological polar surface area (TPSA) is 53.1 Å². The van der Waals surface area contributed by atoms with Gasteiger partial charge in [-0.05, 0) is 41.8 Å². The lowest BCUT2D eigenvalue weighted by Crippen LogP contribution is -2.22. The molecule has 0 saturated carbocycles. The molecule has 2 heterocycles. The van der Waals surface area contributed by atoms with Crippen LogP contribution in [0.3, 0.4) is 0 Å². The average Bonchev–Trinajstić information content (AvgIpc) is 2.97. The van der Waals surface area contributed by atoms with Gasteiger partial charge in [0.2, 0.25) is 5.95 Å². The zero-order valence-corrected chi connectivity index (χ0v) is 12.2. The smallest absolute Gasteiger partial charge is 0.201 e. The minimum absolute atomic E-state index is 0.0491. The Balaban J connectivity index is 2.11. The largest absolute Gasteiger partial charge is 0.376 e. The Kier molecular flexibility index (Phi) is 3.22. The maximum atomic E-state index is 13.7. The SMILES string of the molecule is CC(C1CCCO1)n1c(N)nc2cc(Br)c(F)cc21. The quantitative estimate of drug-likeness (QED) is 0.921. The molecule has 102 valence electrons. The highest BCUT2D eigenvalue weighted by Crippen LogP contribution is 2.32. The highest BCUT2D eigenvalue weighted by atomic mass is 79.9. The van der Waals surface area contributed by atoms with Gasteiger partial charge in [-0.3, -0.25) is 0 Å². The Bertz CT molecular complexity index is 622. The molecule has 1 aliphatic heterocycles. The van der Waals surface area contributed by atoms with E-state index >= 15 is 0 Å². The van der Waals surface area contributed by atoms with Crippen LogP contribution in [0.2, 0.25) is 0 Å². The van der Waals surface area contributed by atoms with Crippen molar-refractivity contribution in [2.45, 2.75) is 31.9 Å². The van der Waals surface area contributed by atoms with Crippen molar-refractivity contribution in [3.05, 3.63) is 22.4 Å². The highest BCUT2D eigenvalue weighted by molar-refractivity contribution is 9.10. The van der Waals surface area contributed by atoms with Crippen LogP contribution in [-0.2, 0) is 4.74 Å². The minimum Gasteiger partial charge on any atom is -0.376 e. The second-order valence-corrected chi connectivity index (χ2v) is 5.74. The molecular weight excluding hydrogens is 313 g/mol. The Morgan fingerprint density at radius 2 is 2.37 bits per heavy atom. The molecule has 4 nitrogen and oxygen atoms in total. The normalized spacial score (nSPS) is 21.1. The summed E-state index contributed by atoms with van der Waals surface area (Å²) in [5, 5.41) is 0. The molecule has 0 aliphatic carbocycles. The van der Waals surface area contributed by atoms with Crippen LogP contribution in [0.25, 0.3) is 11.0 Å². The van der Waals surface area contributed by atoms with Gasteiger partial charge in [-0.25, -0.2) is 9.37 Å². The van der Waals surface area contributed by atoms with E-state index in [2.05, 4.69) is 20.9 Å². The van der Waals surface area contributed by atoms with Gasteiger partial charge in [-0.1, -0.05) is 0 Å². The summed E-state index contributed by atoms with van der Waals surface area (Å²) in [6.07, 6.45) is 2.17. The minimum atomic E-state index is -0.312. The summed E-state index contributed by atoms with van der Waals surface area (Å²) in [6.45, 7) is 2.81. The predicted octanol–water partition coefficient (Wildman–Crippen LogP) is 3.26. The Morgan fingerprint density at radius 3 is 3.05 bits per heavy atom. The average molecular weight is 328 g/mol. The van der Waals surface area contributed by atoms with E-state index in [0.29, 0.717) is 21.5 Å². The van der Waals surface area contributed by atoms with E-state index in [1.807, 2.05) is 11.5 Å². The van der Waals surface area contributed by atoms with Gasteiger partial charge in [0.1, 0.15) is 5.82 Å². The summed E-state index contributed by atoms with van der Waals surface area (Å²) in [7, 11) is 0. The van der Waals surface area contributed by atoms with Crippen molar-refractivity contribution in [3.8, 4) is 0 Å². The molecule has 1 aromatic heterocycles. The second-order valence-electron chi connectivity index (χ2n) is 4.89. The lowest BCUT2D eigenvalue weighted by molar-refractivity contribution is 0.0751. The fourth-order valence-electron chi connectivity index (χ4n) is 2.69. The van der Waals surface area contributed by atoms with Crippen LogP contribution < -0.4 is 5.73 Å². The van der Waals surface area contributed by atoms with Crippen LogP contribution in [0.4, 0.5) is 10.3 Å². The van der Waals surface area contributed by atoms with Crippen LogP contribution in [0.5, 0.6) is 0 Å². The molecule has 1 aliphatic rings. The van der Waals surface area contributed by atoms with Gasteiger partial charge in [0.15, 0.2) is 0 Å². The molecule has 0 radical (unpaired) electrons. The first-order chi connectivity index (χ1) is 9.08. The van der Waals surface area contributed by atoms with Gasteiger partial charge in [0.25, 0.3) is 0 Å². The number of fused-ring (bicyclic) bond motifs is 1. The number of anilines is 1. The Labute approximate surface area is 118 Å². The first-order valence-corrected chi connectivity index (χ1v) is 7.11. The van der Waals surface area contributed by atoms with E-state index in [-0.39, 0.29) is 18.0 Å². The Morgan fingerprint density at radius 1 is 1.58 bits per heavy atom. The number of hydrogen-bond acceptors (Lipinski definition) is 3. The van der Waals surface area contributed by atoms with Gasteiger partial charge in [0.05, 0.1) is 27.7 Å². The first kappa shape index (κ1) is 12.9. The number of rotatable bonds is 2. The molecule has 0 amide bonds. The van der Waals surface area contributed by atoms with E-state index in [9.17, 15) is 4.39 Å². The van der Waals surface area contributed by atoms with Crippen LogP contribution in [-0.4, -0.2) is 22.3 Å². The molecule has 0 spiro atoms. The molecule has 2 aromatic rings. The molecule has 2 N–H and O–H groups in total. The number of nitrogen functional groups attached to an aromatic ring is 1. The molecule has 1 fully saturated rings. The second kappa shape index (κ2) is 4.76. The fourth-order valence-corrected chi connectivity index (χ4v) is 3.02. The number of aromatic nitrogens is 2. The third-order valence-corrected chi connectivity index (χ3v) is 4.28. The third-order valence-electron chi connectivity index (χ3n) is 3.67. The number of imidazole rings is 1. The number of benzene rings is 1. The number of nitrogens with zero attached hydrogens (tertiary/aromatic N) is 2. The van der Waals surface area contributed by atoms with Gasteiger partial charge >= 0.3 is 0 Å². The maximum Gasteiger partial charge on any atom is 0.201 e. The summed E-state index contributed by atoms with van der Waals surface area (Å²) in [4.78, 5) is 4.30. The van der Waals surface area contributed by atoms with Crippen molar-refractivity contribution in [1.82, 2.24) is 9.55 Å². The number of nitrogens with two attached hydrogens (primary N) is 1. The summed E-state index contributed by atoms with van der Waals surface area (Å²) in [5.41, 5.74) is 7.38. The molecule has 2 unspecified atom stereocenters. The molecule has 1 aromatic carbocycles. The zero-order chi connectivity index (χ0) is 13.6. The van der Waals surface area contributed by atoms with Crippen molar-refractivity contribution in [3.63, 3.8) is 0 Å². The zero-order valence-electron chi connectivity index (χ0n) is 10.6. The van der Waals surface area contributed by atoms with E-state index in [1.165, 1.54) is 6.07 Å². The first-order valence-electron chi connectivity index (χ1n) is 6.32. The Hall–Kier alpha value is -1.14. The van der Waals surface area contributed by atoms with Crippen LogP contribution >= 0.6 is 15.9 Å². The van der Waals surface area contributed by atoms with E-state index in [0.717, 1.165) is 19.4 Å². The summed E-state index contributed by atoms with van der Waals surface area (Å²) >= 11 is 3.16. The van der Waals surface area contributed by atoms with Crippen molar-refractivity contribution in [1.29, 1.82) is 0 Å². The van der Waals surface area contributed by atoms with Crippen LogP contribution in [0.1, 0.15) is 25.8 Å². The predicted molar refractivity (Wildman–Crippen MR) is 75.5 cm³/mol. The monoisotopic (exact) mass is 327 g/mol. The third kappa shape index (κ3) is 2.12. The van der Waals surface area contributed by atoms with Crippen LogP contribution in [0.15, 0.2) is 16.6 Å². The summed E-state index contributed by atoms with van der Waals surface area (Å²) in [5.74, 6) is 0.0868. The van der Waals surface area contributed by atoms with E-state index in [4.69, 9.17) is 10.5 Å². The highest BCUT2D eigenvalue weighted by Gasteiger charge is 2.26. The van der Waals surface area contributed by atoms with Gasteiger partial charge in [-0.15, -0.1) is 0 Å². The molecule has 19 heavy (non-hydrogen) atoms. The number of ether oxygens (including phenoxy) is 1. The molecular formula is C13H15BrFN3O. The summed E-state index contributed by atoms with van der Waals surface area (Å²) < 4.78 is 21.7. The van der Waals surface area contributed by atoms with Crippen molar-refractivity contribution in [2.75, 3.05) is 12.3 Å². The van der Waals surface area contributed by atoms with Crippen LogP contribution in [0, 0.1) is 5.82 Å². The van der Waals surface area contributed by atoms with Crippen molar-refractivity contribution < 1.29 is 9.13 Å². The van der Waals surface area contributed by atoms with E-state index < -0.39 is 0 Å². The molecule has 3 rings (SSSR count). The molecule has 0 bridgehead atoms. The lowest BCUT2D eigenvalue weighted by Gasteiger charge is -2.21. The van der Waals surface area contributed by atoms with Gasteiger partial charge in [-0.2, -0.15) is 0 Å². The number of halogens is 2. The van der Waals surface area contributed by atoms with Crippen molar-refractivity contribution in [2.24, 2.45) is 0 Å². The van der Waals surface area contributed by atoms with E-state index in [1.54, 1.807) is 6.07 Å².